The summed E-state index contributed by atoms with van der Waals surface area (Å²) in [5.74, 6) is 0.793. The van der Waals surface area contributed by atoms with Crippen LogP contribution in [0.4, 0.5) is 0 Å². The first-order valence-electron chi connectivity index (χ1n) is 6.82. The van der Waals surface area contributed by atoms with Crippen LogP contribution in [0.3, 0.4) is 0 Å². The van der Waals surface area contributed by atoms with Gasteiger partial charge in [0, 0.05) is 0 Å². The van der Waals surface area contributed by atoms with Crippen LogP contribution < -0.4 is 4.74 Å². The fraction of sp³-hybridized carbons (Fsp3) is 0.615. The van der Waals surface area contributed by atoms with E-state index in [2.05, 4.69) is 15.0 Å². The fourth-order valence-electron chi connectivity index (χ4n) is 2.70. The van der Waals surface area contributed by atoms with Gasteiger partial charge in [0.15, 0.2) is 17.4 Å². The van der Waals surface area contributed by atoms with Gasteiger partial charge in [0.05, 0.1) is 20.0 Å². The maximum atomic E-state index is 10.5. The molecular formula is C13H18N4O5. The summed E-state index contributed by atoms with van der Waals surface area (Å²) in [7, 11) is 1.48. The molecule has 9 heteroatoms. The second-order valence-electron chi connectivity index (χ2n) is 5.48. The highest BCUT2D eigenvalue weighted by Crippen LogP contribution is 2.39. The number of aliphatic hydroxyl groups excluding tert-OH is 2. The molecule has 0 bridgehead atoms. The van der Waals surface area contributed by atoms with E-state index in [1.54, 1.807) is 6.92 Å². The molecule has 3 rings (SSSR count). The fourth-order valence-corrected chi connectivity index (χ4v) is 2.70. The van der Waals surface area contributed by atoms with Gasteiger partial charge in [0.1, 0.15) is 23.6 Å². The predicted octanol–water partition coefficient (Wildman–Crippen LogP) is -0.855. The van der Waals surface area contributed by atoms with Gasteiger partial charge < -0.3 is 24.8 Å². The molecule has 9 nitrogen and oxygen atoms in total. The first kappa shape index (κ1) is 15.1. The summed E-state index contributed by atoms with van der Waals surface area (Å²) in [4.78, 5) is 12.6. The lowest BCUT2D eigenvalue weighted by atomic mass is 9.96. The van der Waals surface area contributed by atoms with Gasteiger partial charge in [0.25, 0.3) is 0 Å². The Balaban J connectivity index is 2.13. The number of fused-ring (bicyclic) bond motifs is 1. The van der Waals surface area contributed by atoms with Crippen molar-refractivity contribution in [3.8, 4) is 5.88 Å². The van der Waals surface area contributed by atoms with Crippen LogP contribution in [-0.2, 0) is 4.74 Å². The molecule has 2 aromatic rings. The van der Waals surface area contributed by atoms with Gasteiger partial charge in [0.2, 0.25) is 5.88 Å². The lowest BCUT2D eigenvalue weighted by Crippen LogP contribution is -2.44. The van der Waals surface area contributed by atoms with Crippen molar-refractivity contribution >= 4 is 11.2 Å². The predicted molar refractivity (Wildman–Crippen MR) is 74.2 cm³/mol. The minimum Gasteiger partial charge on any atom is -0.479 e. The van der Waals surface area contributed by atoms with Gasteiger partial charge in [-0.15, -0.1) is 0 Å². The normalized spacial score (nSPS) is 31.8. The van der Waals surface area contributed by atoms with E-state index >= 15 is 0 Å². The molecule has 0 aromatic carbocycles. The van der Waals surface area contributed by atoms with Crippen molar-refractivity contribution in [2.75, 3.05) is 13.7 Å². The molecule has 0 radical (unpaired) electrons. The Hall–Kier alpha value is -1.81. The molecule has 1 aliphatic rings. The van der Waals surface area contributed by atoms with Crippen LogP contribution >= 0.6 is 0 Å². The number of methoxy groups -OCH3 is 1. The second-order valence-corrected chi connectivity index (χ2v) is 5.48. The van der Waals surface area contributed by atoms with Crippen LogP contribution in [0.5, 0.6) is 5.88 Å². The Kier molecular flexibility index (Phi) is 3.52. The summed E-state index contributed by atoms with van der Waals surface area (Å²) in [6, 6.07) is 0. The second kappa shape index (κ2) is 5.13. The summed E-state index contributed by atoms with van der Waals surface area (Å²) in [5, 5.41) is 29.9. The Morgan fingerprint density at radius 3 is 2.77 bits per heavy atom. The van der Waals surface area contributed by atoms with E-state index in [4.69, 9.17) is 9.47 Å². The molecule has 1 saturated heterocycles. The van der Waals surface area contributed by atoms with E-state index in [9.17, 15) is 15.3 Å². The van der Waals surface area contributed by atoms with E-state index in [1.807, 2.05) is 0 Å². The Morgan fingerprint density at radius 1 is 1.45 bits per heavy atom. The van der Waals surface area contributed by atoms with Crippen LogP contribution in [0.15, 0.2) is 6.33 Å². The summed E-state index contributed by atoms with van der Waals surface area (Å²) in [6.45, 7) is 2.74. The molecule has 0 aliphatic carbocycles. The average molecular weight is 310 g/mol. The molecule has 22 heavy (non-hydrogen) atoms. The monoisotopic (exact) mass is 310 g/mol. The third-order valence-electron chi connectivity index (χ3n) is 3.88. The number of hydrogen-bond acceptors (Lipinski definition) is 8. The smallest absolute Gasteiger partial charge is 0.245 e. The highest BCUT2D eigenvalue weighted by Gasteiger charge is 2.53. The summed E-state index contributed by atoms with van der Waals surface area (Å²) in [5.41, 5.74) is -0.762. The van der Waals surface area contributed by atoms with Gasteiger partial charge in [-0.25, -0.2) is 9.97 Å². The molecule has 2 aromatic heterocycles. The van der Waals surface area contributed by atoms with E-state index in [0.29, 0.717) is 22.9 Å². The minimum absolute atomic E-state index is 0.318. The standard InChI is InChI=1S/C13H18N4O5/c1-6-15-10-8(11(16-6)21-3)14-5-17(10)12-13(2,20)9(19)7(4-18)22-12/h5,7,9,12,18-20H,4H2,1-3H3. The maximum absolute atomic E-state index is 10.5. The van der Waals surface area contributed by atoms with Gasteiger partial charge in [-0.3, -0.25) is 4.57 Å². The zero-order valence-corrected chi connectivity index (χ0v) is 12.5. The SMILES string of the molecule is COc1nc(C)nc2c1ncn2C1OC(CO)C(O)C1(C)O. The number of nitrogens with zero attached hydrogens (tertiary/aromatic N) is 4. The average Bonchev–Trinajstić information content (AvgIpc) is 2.98. The van der Waals surface area contributed by atoms with Crippen LogP contribution in [0.2, 0.25) is 0 Å². The number of aryl methyl sites for hydroxylation is 1. The third-order valence-corrected chi connectivity index (χ3v) is 3.88. The largest absolute Gasteiger partial charge is 0.479 e. The minimum atomic E-state index is -1.60. The van der Waals surface area contributed by atoms with E-state index in [-0.39, 0.29) is 0 Å². The number of aromatic nitrogens is 4. The molecule has 1 fully saturated rings. The van der Waals surface area contributed by atoms with Crippen molar-refractivity contribution < 1.29 is 24.8 Å². The summed E-state index contributed by atoms with van der Waals surface area (Å²) < 4.78 is 12.3. The van der Waals surface area contributed by atoms with Crippen molar-refractivity contribution in [2.45, 2.75) is 37.9 Å². The van der Waals surface area contributed by atoms with E-state index in [0.717, 1.165) is 0 Å². The first-order valence-corrected chi connectivity index (χ1v) is 6.82. The lowest BCUT2D eigenvalue weighted by molar-refractivity contribution is -0.0950. The number of imidazole rings is 1. The number of hydrogen-bond donors (Lipinski definition) is 3. The van der Waals surface area contributed by atoms with Gasteiger partial charge in [-0.2, -0.15) is 4.98 Å². The molecule has 3 N–H and O–H groups in total. The van der Waals surface area contributed by atoms with Crippen LogP contribution in [0.25, 0.3) is 11.2 Å². The van der Waals surface area contributed by atoms with Crippen molar-refractivity contribution in [1.82, 2.24) is 19.5 Å². The molecule has 0 saturated carbocycles. The van der Waals surface area contributed by atoms with Crippen molar-refractivity contribution in [3.05, 3.63) is 12.2 Å². The molecule has 120 valence electrons. The van der Waals surface area contributed by atoms with Gasteiger partial charge in [-0.1, -0.05) is 0 Å². The highest BCUT2D eigenvalue weighted by molar-refractivity contribution is 5.76. The van der Waals surface area contributed by atoms with E-state index < -0.39 is 30.6 Å². The quantitative estimate of drug-likeness (QED) is 0.669. The molecule has 3 heterocycles. The zero-order chi connectivity index (χ0) is 16.1. The maximum Gasteiger partial charge on any atom is 0.245 e. The van der Waals surface area contributed by atoms with Crippen molar-refractivity contribution in [2.24, 2.45) is 0 Å². The van der Waals surface area contributed by atoms with Crippen molar-refractivity contribution in [3.63, 3.8) is 0 Å². The molecule has 0 spiro atoms. The Labute approximate surface area is 126 Å². The number of ether oxygens (including phenoxy) is 2. The molecule has 4 atom stereocenters. The highest BCUT2D eigenvalue weighted by atomic mass is 16.6. The molecule has 0 amide bonds. The van der Waals surface area contributed by atoms with E-state index in [1.165, 1.54) is 24.9 Å². The first-order chi connectivity index (χ1) is 10.4. The Morgan fingerprint density at radius 2 is 2.18 bits per heavy atom. The topological polar surface area (TPSA) is 123 Å². The van der Waals surface area contributed by atoms with Gasteiger partial charge in [-0.05, 0) is 13.8 Å². The molecule has 4 unspecified atom stereocenters. The van der Waals surface area contributed by atoms with Crippen molar-refractivity contribution in [1.29, 1.82) is 0 Å². The van der Waals surface area contributed by atoms with Crippen LogP contribution in [0, 0.1) is 6.92 Å². The van der Waals surface area contributed by atoms with Crippen LogP contribution in [-0.4, -0.2) is 66.4 Å². The summed E-state index contributed by atoms with van der Waals surface area (Å²) >= 11 is 0. The number of rotatable bonds is 3. The Bertz CT molecular complexity index is 701. The lowest BCUT2D eigenvalue weighted by Gasteiger charge is -2.27. The molecular weight excluding hydrogens is 292 g/mol. The molecule has 1 aliphatic heterocycles. The third kappa shape index (κ3) is 2.05. The van der Waals surface area contributed by atoms with Crippen LogP contribution in [0.1, 0.15) is 19.0 Å². The summed E-state index contributed by atoms with van der Waals surface area (Å²) in [6.07, 6.45) is -1.62. The zero-order valence-electron chi connectivity index (χ0n) is 12.5. The van der Waals surface area contributed by atoms with Gasteiger partial charge >= 0.3 is 0 Å². The number of aliphatic hydroxyl groups is 3.